The third kappa shape index (κ3) is 4.53. The van der Waals surface area contributed by atoms with Gasteiger partial charge in [0.25, 0.3) is 0 Å². The van der Waals surface area contributed by atoms with Gasteiger partial charge in [-0.05, 0) is 24.6 Å². The zero-order chi connectivity index (χ0) is 15.2. The highest BCUT2D eigenvalue weighted by atomic mass is 79.9. The molecule has 0 bridgehead atoms. The summed E-state index contributed by atoms with van der Waals surface area (Å²) in [5, 5.41) is 0. The van der Waals surface area contributed by atoms with Crippen LogP contribution in [0.1, 0.15) is 22.8 Å². The van der Waals surface area contributed by atoms with Gasteiger partial charge in [0.05, 0.1) is 6.42 Å². The fraction of sp³-hybridized carbons (Fsp3) is 0.176. The molecule has 0 fully saturated rings. The maximum atomic E-state index is 12.1. The van der Waals surface area contributed by atoms with E-state index in [-0.39, 0.29) is 12.2 Å². The van der Waals surface area contributed by atoms with Crippen molar-refractivity contribution in [2.45, 2.75) is 19.4 Å². The lowest BCUT2D eigenvalue weighted by molar-refractivity contribution is -0.145. The van der Waals surface area contributed by atoms with Crippen molar-refractivity contribution in [3.63, 3.8) is 0 Å². The molecule has 4 heteroatoms. The second-order valence-corrected chi connectivity index (χ2v) is 5.58. The molecule has 0 radical (unpaired) electrons. The fourth-order valence-corrected chi connectivity index (χ4v) is 2.16. The van der Waals surface area contributed by atoms with Gasteiger partial charge in [-0.1, -0.05) is 58.4 Å². The van der Waals surface area contributed by atoms with E-state index < -0.39 is 12.1 Å². The predicted molar refractivity (Wildman–Crippen MR) is 84.2 cm³/mol. The zero-order valence-corrected chi connectivity index (χ0v) is 13.2. The summed E-state index contributed by atoms with van der Waals surface area (Å²) in [5.41, 5.74) is 1.39. The number of benzene rings is 2. The van der Waals surface area contributed by atoms with Crippen LogP contribution in [0.2, 0.25) is 0 Å². The van der Waals surface area contributed by atoms with E-state index in [1.165, 1.54) is 0 Å². The first-order chi connectivity index (χ1) is 10.1. The molecular weight excluding hydrogens is 332 g/mol. The molecular formula is C17H15BrO3. The number of hydrogen-bond acceptors (Lipinski definition) is 3. The van der Waals surface area contributed by atoms with E-state index in [1.54, 1.807) is 31.2 Å². The third-order valence-electron chi connectivity index (χ3n) is 3.00. The lowest BCUT2D eigenvalue weighted by Crippen LogP contribution is -2.25. The molecule has 0 aliphatic heterocycles. The molecule has 0 N–H and O–H groups in total. The Labute approximate surface area is 132 Å². The average Bonchev–Trinajstić information content (AvgIpc) is 2.49. The van der Waals surface area contributed by atoms with Crippen LogP contribution in [0.3, 0.4) is 0 Å². The summed E-state index contributed by atoms with van der Waals surface area (Å²) >= 11 is 3.34. The van der Waals surface area contributed by atoms with Crippen LogP contribution in [0.15, 0.2) is 59.1 Å². The summed E-state index contributed by atoms with van der Waals surface area (Å²) in [4.78, 5) is 24.0. The Morgan fingerprint density at radius 3 is 2.29 bits per heavy atom. The number of esters is 1. The van der Waals surface area contributed by atoms with Gasteiger partial charge < -0.3 is 4.74 Å². The van der Waals surface area contributed by atoms with Crippen molar-refractivity contribution in [3.05, 3.63) is 70.2 Å². The van der Waals surface area contributed by atoms with Crippen LogP contribution in [-0.2, 0) is 16.0 Å². The Kier molecular flexibility index (Phi) is 5.28. The molecule has 0 spiro atoms. The van der Waals surface area contributed by atoms with E-state index in [0.29, 0.717) is 5.56 Å². The molecule has 1 unspecified atom stereocenters. The summed E-state index contributed by atoms with van der Waals surface area (Å²) in [5.74, 6) is -0.603. The Morgan fingerprint density at radius 1 is 1.05 bits per heavy atom. The van der Waals surface area contributed by atoms with E-state index >= 15 is 0 Å². The Bertz CT molecular complexity index is 620. The van der Waals surface area contributed by atoms with Gasteiger partial charge in [0.1, 0.15) is 0 Å². The Balaban J connectivity index is 1.93. The first-order valence-electron chi connectivity index (χ1n) is 6.59. The molecule has 0 saturated heterocycles. The highest BCUT2D eigenvalue weighted by Crippen LogP contribution is 2.12. The molecule has 0 heterocycles. The topological polar surface area (TPSA) is 43.4 Å². The van der Waals surface area contributed by atoms with Gasteiger partial charge in [0, 0.05) is 10.0 Å². The van der Waals surface area contributed by atoms with Crippen molar-refractivity contribution in [2.24, 2.45) is 0 Å². The van der Waals surface area contributed by atoms with Gasteiger partial charge in [-0.25, -0.2) is 0 Å². The van der Waals surface area contributed by atoms with Crippen molar-refractivity contribution in [1.82, 2.24) is 0 Å². The Morgan fingerprint density at radius 2 is 1.67 bits per heavy atom. The quantitative estimate of drug-likeness (QED) is 0.610. The normalized spacial score (nSPS) is 11.7. The van der Waals surface area contributed by atoms with Gasteiger partial charge in [-0.3, -0.25) is 9.59 Å². The fourth-order valence-electron chi connectivity index (χ4n) is 1.90. The summed E-state index contributed by atoms with van der Waals surface area (Å²) < 4.78 is 6.15. The highest BCUT2D eigenvalue weighted by molar-refractivity contribution is 9.10. The molecule has 0 aliphatic carbocycles. The van der Waals surface area contributed by atoms with E-state index in [9.17, 15) is 9.59 Å². The van der Waals surface area contributed by atoms with Gasteiger partial charge in [-0.2, -0.15) is 0 Å². The first kappa shape index (κ1) is 15.4. The average molecular weight is 347 g/mol. The molecule has 2 rings (SSSR count). The first-order valence-corrected chi connectivity index (χ1v) is 7.39. The van der Waals surface area contributed by atoms with Gasteiger partial charge >= 0.3 is 5.97 Å². The van der Waals surface area contributed by atoms with E-state index in [0.717, 1.165) is 10.0 Å². The minimum Gasteiger partial charge on any atom is -0.454 e. The molecule has 3 nitrogen and oxygen atoms in total. The van der Waals surface area contributed by atoms with E-state index in [4.69, 9.17) is 4.74 Å². The molecule has 0 saturated carbocycles. The molecule has 2 aromatic carbocycles. The highest BCUT2D eigenvalue weighted by Gasteiger charge is 2.19. The summed E-state index contributed by atoms with van der Waals surface area (Å²) in [6.07, 6.45) is -0.630. The van der Waals surface area contributed by atoms with Crippen molar-refractivity contribution >= 4 is 27.7 Å². The lowest BCUT2D eigenvalue weighted by Gasteiger charge is -2.12. The van der Waals surface area contributed by atoms with Crippen LogP contribution in [0.5, 0.6) is 0 Å². The number of ketones is 1. The molecule has 2 aromatic rings. The molecule has 0 aromatic heterocycles. The third-order valence-corrected chi connectivity index (χ3v) is 3.53. The van der Waals surface area contributed by atoms with E-state index in [2.05, 4.69) is 15.9 Å². The SMILES string of the molecule is CC(OC(=O)Cc1ccc(Br)cc1)C(=O)c1ccccc1. The van der Waals surface area contributed by atoms with Crippen LogP contribution in [0, 0.1) is 0 Å². The second-order valence-electron chi connectivity index (χ2n) is 4.67. The van der Waals surface area contributed by atoms with Crippen LogP contribution in [0.25, 0.3) is 0 Å². The molecule has 1 atom stereocenters. The van der Waals surface area contributed by atoms with Crippen molar-refractivity contribution in [2.75, 3.05) is 0 Å². The maximum Gasteiger partial charge on any atom is 0.310 e. The molecule has 21 heavy (non-hydrogen) atoms. The van der Waals surface area contributed by atoms with E-state index in [1.807, 2.05) is 30.3 Å². The van der Waals surface area contributed by atoms with Gasteiger partial charge in [0.2, 0.25) is 5.78 Å². The van der Waals surface area contributed by atoms with Crippen molar-refractivity contribution < 1.29 is 14.3 Å². The summed E-state index contributed by atoms with van der Waals surface area (Å²) in [7, 11) is 0. The smallest absolute Gasteiger partial charge is 0.310 e. The van der Waals surface area contributed by atoms with Crippen LogP contribution < -0.4 is 0 Å². The predicted octanol–water partition coefficient (Wildman–Crippen LogP) is 3.81. The number of Topliss-reactive ketones (excluding diaryl/α,β-unsaturated/α-hetero) is 1. The standard InChI is InChI=1S/C17H15BrO3/c1-12(17(20)14-5-3-2-4-6-14)21-16(19)11-13-7-9-15(18)10-8-13/h2-10,12H,11H2,1H3. The number of hydrogen-bond donors (Lipinski definition) is 0. The summed E-state index contributed by atoms with van der Waals surface area (Å²) in [6.45, 7) is 1.59. The van der Waals surface area contributed by atoms with Gasteiger partial charge in [0.15, 0.2) is 6.10 Å². The van der Waals surface area contributed by atoms with Crippen molar-refractivity contribution in [3.8, 4) is 0 Å². The monoisotopic (exact) mass is 346 g/mol. The molecule has 108 valence electrons. The largest absolute Gasteiger partial charge is 0.454 e. The summed E-state index contributed by atoms with van der Waals surface area (Å²) in [6, 6.07) is 16.2. The van der Waals surface area contributed by atoms with Crippen LogP contribution >= 0.6 is 15.9 Å². The van der Waals surface area contributed by atoms with Gasteiger partial charge in [-0.15, -0.1) is 0 Å². The van der Waals surface area contributed by atoms with Crippen molar-refractivity contribution in [1.29, 1.82) is 0 Å². The number of carbonyl (C=O) groups is 2. The number of halogens is 1. The van der Waals surface area contributed by atoms with Crippen LogP contribution in [0.4, 0.5) is 0 Å². The minimum atomic E-state index is -0.782. The number of rotatable bonds is 5. The molecule has 0 amide bonds. The Hall–Kier alpha value is -1.94. The number of ether oxygens (including phenoxy) is 1. The minimum absolute atomic E-state index is 0.152. The lowest BCUT2D eigenvalue weighted by atomic mass is 10.1. The maximum absolute atomic E-state index is 12.1. The number of carbonyl (C=O) groups excluding carboxylic acids is 2. The van der Waals surface area contributed by atoms with Crippen LogP contribution in [-0.4, -0.2) is 17.9 Å². The zero-order valence-electron chi connectivity index (χ0n) is 11.6. The molecule has 0 aliphatic rings. The second kappa shape index (κ2) is 7.18.